The molecule has 2 aromatic rings. The van der Waals surface area contributed by atoms with Crippen molar-refractivity contribution in [1.82, 2.24) is 10.2 Å². The van der Waals surface area contributed by atoms with Crippen molar-refractivity contribution in [1.29, 1.82) is 5.26 Å². The lowest BCUT2D eigenvalue weighted by Crippen LogP contribution is -2.41. The number of benzene rings is 2. The fraction of sp³-hybridized carbons (Fsp3) is 0.261. The lowest BCUT2D eigenvalue weighted by atomic mass is 10.1. The van der Waals surface area contributed by atoms with Crippen LogP contribution in [-0.2, 0) is 16.1 Å². The number of nitrogens with one attached hydrogen (secondary N) is 1. The molecule has 0 aliphatic carbocycles. The number of nitriles is 1. The zero-order chi connectivity index (χ0) is 22.8. The molecule has 166 valence electrons. The maximum Gasteiger partial charge on any atom is 0.259 e. The van der Waals surface area contributed by atoms with Gasteiger partial charge >= 0.3 is 0 Å². The van der Waals surface area contributed by atoms with E-state index in [1.54, 1.807) is 0 Å². The van der Waals surface area contributed by atoms with Gasteiger partial charge in [-0.05, 0) is 36.2 Å². The lowest BCUT2D eigenvalue weighted by Gasteiger charge is -2.25. The van der Waals surface area contributed by atoms with Crippen LogP contribution in [0, 0.1) is 11.3 Å². The first-order valence-electron chi connectivity index (χ1n) is 10.4. The lowest BCUT2D eigenvalue weighted by molar-refractivity contribution is -0.125. The number of amides is 2. The molecule has 2 amide bonds. The smallest absolute Gasteiger partial charge is 0.259 e. The number of amidine groups is 2. The highest BCUT2D eigenvalue weighted by atomic mass is 32.2. The minimum Gasteiger partial charge on any atom is -0.454 e. The fourth-order valence-corrected chi connectivity index (χ4v) is 4.45. The monoisotopic (exact) mass is 461 g/mol. The van der Waals surface area contributed by atoms with Gasteiger partial charge in [0, 0.05) is 18.5 Å². The minimum atomic E-state index is -0.671. The molecule has 1 atom stereocenters. The molecule has 0 spiro atoms. The van der Waals surface area contributed by atoms with E-state index in [9.17, 15) is 9.59 Å². The molecular weight excluding hydrogens is 442 g/mol. The Kier molecular flexibility index (Phi) is 5.71. The number of carbonyl (C=O) groups is 2. The topological polar surface area (TPSA) is 116 Å². The van der Waals surface area contributed by atoms with Crippen molar-refractivity contribution in [2.75, 3.05) is 12.5 Å². The van der Waals surface area contributed by atoms with E-state index in [2.05, 4.69) is 21.4 Å². The predicted molar refractivity (Wildman–Crippen MR) is 122 cm³/mol. The third-order valence-corrected chi connectivity index (χ3v) is 6.19. The Bertz CT molecular complexity index is 1240. The van der Waals surface area contributed by atoms with Gasteiger partial charge in [-0.2, -0.15) is 5.26 Å². The van der Waals surface area contributed by atoms with E-state index >= 15 is 0 Å². The van der Waals surface area contributed by atoms with Crippen molar-refractivity contribution in [3.8, 4) is 17.6 Å². The van der Waals surface area contributed by atoms with E-state index in [1.165, 1.54) is 16.7 Å². The maximum atomic E-state index is 13.1. The summed E-state index contributed by atoms with van der Waals surface area (Å²) in [6.07, 6.45) is 0.440. The summed E-state index contributed by atoms with van der Waals surface area (Å²) in [5.74, 6) is 1.66. The normalized spacial score (nSPS) is 17.6. The molecule has 0 radical (unpaired) electrons. The third kappa shape index (κ3) is 4.15. The number of hydrogen-bond acceptors (Lipinski definition) is 8. The van der Waals surface area contributed by atoms with E-state index in [0.717, 1.165) is 11.1 Å². The Balaban J connectivity index is 1.23. The Morgan fingerprint density at radius 3 is 2.97 bits per heavy atom. The van der Waals surface area contributed by atoms with E-state index in [1.807, 2.05) is 42.5 Å². The first kappa shape index (κ1) is 21.0. The van der Waals surface area contributed by atoms with Gasteiger partial charge in [-0.25, -0.2) is 9.89 Å². The number of nitrogens with zero attached hydrogens (tertiary/aromatic N) is 4. The second-order valence-electron chi connectivity index (χ2n) is 7.50. The summed E-state index contributed by atoms with van der Waals surface area (Å²) in [6.45, 7) is 0.551. The molecule has 2 aromatic carbocycles. The fourth-order valence-electron chi connectivity index (χ4n) is 3.79. The molecule has 0 unspecified atom stereocenters. The maximum absolute atomic E-state index is 13.1. The van der Waals surface area contributed by atoms with Crippen LogP contribution >= 0.6 is 11.8 Å². The third-order valence-electron chi connectivity index (χ3n) is 5.39. The number of thioether (sulfide) groups is 1. The van der Waals surface area contributed by atoms with Crippen LogP contribution in [-0.4, -0.2) is 46.3 Å². The molecule has 0 aromatic heterocycles. The molecule has 0 saturated carbocycles. The molecule has 10 heteroatoms. The summed E-state index contributed by atoms with van der Waals surface area (Å²) in [7, 11) is 0. The number of para-hydroxylation sites is 1. The van der Waals surface area contributed by atoms with Crippen LogP contribution in [0.2, 0.25) is 0 Å². The molecule has 3 heterocycles. The largest absolute Gasteiger partial charge is 0.454 e. The van der Waals surface area contributed by atoms with Gasteiger partial charge in [0.2, 0.25) is 12.7 Å². The highest BCUT2D eigenvalue weighted by Gasteiger charge is 2.41. The SMILES string of the molecule is N#CCSC1=Nc2ccccc2C2=N[C@@H](CCC(=O)NCc3ccc4c(c3)OCO4)C(=O)N12. The van der Waals surface area contributed by atoms with Gasteiger partial charge in [-0.3, -0.25) is 14.6 Å². The quantitative estimate of drug-likeness (QED) is 0.707. The minimum absolute atomic E-state index is 0.158. The number of ether oxygens (including phenoxy) is 2. The Morgan fingerprint density at radius 1 is 1.24 bits per heavy atom. The van der Waals surface area contributed by atoms with E-state index in [4.69, 9.17) is 14.7 Å². The Hall–Kier alpha value is -3.84. The summed E-state index contributed by atoms with van der Waals surface area (Å²) in [6, 6.07) is 14.4. The molecule has 3 aliphatic heterocycles. The van der Waals surface area contributed by atoms with Crippen molar-refractivity contribution >= 4 is 40.3 Å². The van der Waals surface area contributed by atoms with Gasteiger partial charge in [0.15, 0.2) is 16.7 Å². The summed E-state index contributed by atoms with van der Waals surface area (Å²) >= 11 is 1.20. The van der Waals surface area contributed by atoms with Crippen LogP contribution in [0.15, 0.2) is 52.4 Å². The van der Waals surface area contributed by atoms with Crippen molar-refractivity contribution in [2.45, 2.75) is 25.4 Å². The molecule has 5 rings (SSSR count). The van der Waals surface area contributed by atoms with E-state index in [-0.39, 0.29) is 37.2 Å². The average molecular weight is 462 g/mol. The molecule has 3 aliphatic rings. The van der Waals surface area contributed by atoms with Crippen molar-refractivity contribution in [3.63, 3.8) is 0 Å². The molecular formula is C23H19N5O4S. The van der Waals surface area contributed by atoms with Gasteiger partial charge in [-0.1, -0.05) is 30.0 Å². The molecule has 9 nitrogen and oxygen atoms in total. The van der Waals surface area contributed by atoms with Crippen LogP contribution in [0.1, 0.15) is 24.0 Å². The van der Waals surface area contributed by atoms with Crippen LogP contribution in [0.4, 0.5) is 5.69 Å². The zero-order valence-electron chi connectivity index (χ0n) is 17.5. The highest BCUT2D eigenvalue weighted by Crippen LogP contribution is 2.34. The van der Waals surface area contributed by atoms with E-state index < -0.39 is 6.04 Å². The summed E-state index contributed by atoms with van der Waals surface area (Å²) in [4.78, 5) is 36.2. The van der Waals surface area contributed by atoms with Crippen molar-refractivity contribution < 1.29 is 19.1 Å². The number of fused-ring (bicyclic) bond motifs is 4. The van der Waals surface area contributed by atoms with Crippen molar-refractivity contribution in [3.05, 3.63) is 53.6 Å². The molecule has 1 N–H and O–H groups in total. The Morgan fingerprint density at radius 2 is 2.09 bits per heavy atom. The van der Waals surface area contributed by atoms with Gasteiger partial charge in [0.25, 0.3) is 5.91 Å². The molecule has 0 saturated heterocycles. The van der Waals surface area contributed by atoms with Gasteiger partial charge < -0.3 is 14.8 Å². The van der Waals surface area contributed by atoms with Crippen LogP contribution < -0.4 is 14.8 Å². The second kappa shape index (κ2) is 8.96. The average Bonchev–Trinajstić information content (AvgIpc) is 3.44. The molecule has 0 fully saturated rings. The number of rotatable bonds is 6. The summed E-state index contributed by atoms with van der Waals surface area (Å²) in [5, 5.41) is 12.3. The number of carbonyl (C=O) groups excluding carboxylic acids is 2. The number of aliphatic imine (C=N–C) groups is 2. The standard InChI is InChI=1S/C23H19N5O4S/c24-9-10-33-23-27-16-4-2-1-3-15(16)21-26-17(22(30)28(21)23)6-8-20(29)25-12-14-5-7-18-19(11-14)32-13-31-18/h1-5,7,11,17H,6,8,10,12-13H2,(H,25,29)/t17-/m0/s1. The first-order chi connectivity index (χ1) is 16.1. The Labute approximate surface area is 194 Å². The molecule has 33 heavy (non-hydrogen) atoms. The van der Waals surface area contributed by atoms with Crippen LogP contribution in [0.25, 0.3) is 0 Å². The first-order valence-corrected chi connectivity index (χ1v) is 11.4. The summed E-state index contributed by atoms with van der Waals surface area (Å²) < 4.78 is 10.6. The van der Waals surface area contributed by atoms with Gasteiger partial charge in [-0.15, -0.1) is 0 Å². The summed E-state index contributed by atoms with van der Waals surface area (Å²) in [5.41, 5.74) is 2.37. The second-order valence-corrected chi connectivity index (χ2v) is 8.45. The molecule has 0 bridgehead atoms. The van der Waals surface area contributed by atoms with Crippen LogP contribution in [0.3, 0.4) is 0 Å². The zero-order valence-corrected chi connectivity index (χ0v) is 18.3. The highest BCUT2D eigenvalue weighted by molar-refractivity contribution is 8.14. The predicted octanol–water partition coefficient (Wildman–Crippen LogP) is 2.73. The van der Waals surface area contributed by atoms with E-state index in [0.29, 0.717) is 34.7 Å². The van der Waals surface area contributed by atoms with Gasteiger partial charge in [0.05, 0.1) is 17.5 Å². The van der Waals surface area contributed by atoms with Gasteiger partial charge in [0.1, 0.15) is 11.9 Å². The van der Waals surface area contributed by atoms with Crippen molar-refractivity contribution in [2.24, 2.45) is 9.98 Å². The number of hydrogen-bond donors (Lipinski definition) is 1. The van der Waals surface area contributed by atoms with Crippen LogP contribution in [0.5, 0.6) is 11.5 Å².